The number of hydrogen-bond acceptors (Lipinski definition) is 5. The summed E-state index contributed by atoms with van der Waals surface area (Å²) < 4.78 is 5.56. The van der Waals surface area contributed by atoms with Gasteiger partial charge in [0.1, 0.15) is 12.4 Å². The lowest BCUT2D eigenvalue weighted by atomic mass is 10.1. The molecule has 0 spiro atoms. The SMILES string of the molecule is CN1CCN(c2ccc(OCC(C)(C)O)c(N)c2)CC1. The van der Waals surface area contributed by atoms with Crippen molar-refractivity contribution in [3.8, 4) is 5.75 Å². The number of piperazine rings is 1. The number of likely N-dealkylation sites (N-methyl/N-ethyl adjacent to an activating group) is 1. The minimum absolute atomic E-state index is 0.227. The molecule has 0 bridgehead atoms. The number of benzene rings is 1. The van der Waals surface area contributed by atoms with E-state index in [2.05, 4.69) is 16.8 Å². The zero-order valence-electron chi connectivity index (χ0n) is 12.6. The molecule has 1 heterocycles. The normalized spacial score (nSPS) is 17.3. The van der Waals surface area contributed by atoms with E-state index in [0.717, 1.165) is 31.9 Å². The van der Waals surface area contributed by atoms with Crippen LogP contribution in [0.4, 0.5) is 11.4 Å². The molecule has 5 heteroatoms. The standard InChI is InChI=1S/C15H25N3O2/c1-15(2,19)11-20-14-5-4-12(10-13(14)16)18-8-6-17(3)7-9-18/h4-5,10,19H,6-9,11,16H2,1-3H3. The molecular formula is C15H25N3O2. The molecule has 0 radical (unpaired) electrons. The van der Waals surface area contributed by atoms with Gasteiger partial charge in [0.25, 0.3) is 0 Å². The average molecular weight is 279 g/mol. The van der Waals surface area contributed by atoms with Crippen molar-refractivity contribution in [1.29, 1.82) is 0 Å². The molecule has 3 N–H and O–H groups in total. The Bertz CT molecular complexity index is 449. The van der Waals surface area contributed by atoms with Crippen LogP contribution in [-0.2, 0) is 0 Å². The third kappa shape index (κ3) is 4.02. The Balaban J connectivity index is 2.02. The van der Waals surface area contributed by atoms with Crippen molar-refractivity contribution >= 4 is 11.4 Å². The summed E-state index contributed by atoms with van der Waals surface area (Å²) in [6.07, 6.45) is 0. The van der Waals surface area contributed by atoms with Gasteiger partial charge >= 0.3 is 0 Å². The fourth-order valence-electron chi connectivity index (χ4n) is 2.18. The Hall–Kier alpha value is -1.46. The van der Waals surface area contributed by atoms with E-state index in [1.165, 1.54) is 0 Å². The van der Waals surface area contributed by atoms with Crippen molar-refractivity contribution in [2.24, 2.45) is 0 Å². The average Bonchev–Trinajstić information content (AvgIpc) is 2.37. The van der Waals surface area contributed by atoms with Crippen molar-refractivity contribution in [3.05, 3.63) is 18.2 Å². The van der Waals surface area contributed by atoms with Gasteiger partial charge in [-0.05, 0) is 39.1 Å². The molecule has 5 nitrogen and oxygen atoms in total. The fraction of sp³-hybridized carbons (Fsp3) is 0.600. The zero-order valence-corrected chi connectivity index (χ0v) is 12.6. The summed E-state index contributed by atoms with van der Waals surface area (Å²) in [6, 6.07) is 5.86. The maximum atomic E-state index is 9.67. The Morgan fingerprint density at radius 3 is 2.45 bits per heavy atom. The first-order valence-electron chi connectivity index (χ1n) is 7.03. The van der Waals surface area contributed by atoms with Crippen LogP contribution in [0.25, 0.3) is 0 Å². The van der Waals surface area contributed by atoms with Gasteiger partial charge in [-0.2, -0.15) is 0 Å². The topological polar surface area (TPSA) is 62.0 Å². The van der Waals surface area contributed by atoms with Gasteiger partial charge in [-0.25, -0.2) is 0 Å². The van der Waals surface area contributed by atoms with Crippen LogP contribution in [0.3, 0.4) is 0 Å². The number of aliphatic hydroxyl groups is 1. The molecule has 1 aliphatic rings. The molecule has 0 saturated carbocycles. The van der Waals surface area contributed by atoms with E-state index < -0.39 is 5.60 Å². The van der Waals surface area contributed by atoms with Crippen LogP contribution in [0.2, 0.25) is 0 Å². The highest BCUT2D eigenvalue weighted by Gasteiger charge is 2.17. The van der Waals surface area contributed by atoms with Gasteiger partial charge < -0.3 is 25.4 Å². The number of nitrogens with two attached hydrogens (primary N) is 1. The van der Waals surface area contributed by atoms with Crippen molar-refractivity contribution < 1.29 is 9.84 Å². The second-order valence-corrected chi connectivity index (χ2v) is 6.11. The molecule has 0 atom stereocenters. The first-order chi connectivity index (χ1) is 9.35. The maximum Gasteiger partial charge on any atom is 0.142 e. The first kappa shape index (κ1) is 14.9. The second kappa shape index (κ2) is 5.89. The van der Waals surface area contributed by atoms with Crippen LogP contribution in [0.1, 0.15) is 13.8 Å². The lowest BCUT2D eigenvalue weighted by Crippen LogP contribution is -2.44. The zero-order chi connectivity index (χ0) is 14.8. The summed E-state index contributed by atoms with van der Waals surface area (Å²) in [4.78, 5) is 4.65. The number of hydrogen-bond donors (Lipinski definition) is 2. The van der Waals surface area contributed by atoms with E-state index >= 15 is 0 Å². The molecule has 2 rings (SSSR count). The van der Waals surface area contributed by atoms with Crippen LogP contribution in [0.15, 0.2) is 18.2 Å². The number of rotatable bonds is 4. The van der Waals surface area contributed by atoms with E-state index in [1.54, 1.807) is 13.8 Å². The van der Waals surface area contributed by atoms with Crippen molar-refractivity contribution in [2.45, 2.75) is 19.4 Å². The van der Waals surface area contributed by atoms with Gasteiger partial charge in [-0.1, -0.05) is 0 Å². The van der Waals surface area contributed by atoms with Crippen LogP contribution in [0, 0.1) is 0 Å². The number of anilines is 2. The largest absolute Gasteiger partial charge is 0.488 e. The lowest BCUT2D eigenvalue weighted by molar-refractivity contribution is 0.0288. The molecule has 0 aliphatic carbocycles. The highest BCUT2D eigenvalue weighted by Crippen LogP contribution is 2.28. The van der Waals surface area contributed by atoms with Gasteiger partial charge in [0, 0.05) is 31.9 Å². The molecule has 0 amide bonds. The molecule has 1 aromatic rings. The molecule has 20 heavy (non-hydrogen) atoms. The van der Waals surface area contributed by atoms with Crippen LogP contribution < -0.4 is 15.4 Å². The third-order valence-electron chi connectivity index (χ3n) is 3.44. The Morgan fingerprint density at radius 2 is 1.90 bits per heavy atom. The Morgan fingerprint density at radius 1 is 1.25 bits per heavy atom. The van der Waals surface area contributed by atoms with Gasteiger partial charge in [0.2, 0.25) is 0 Å². The van der Waals surface area contributed by atoms with Gasteiger partial charge in [0.15, 0.2) is 0 Å². The summed E-state index contributed by atoms with van der Waals surface area (Å²) in [5, 5.41) is 9.67. The molecule has 112 valence electrons. The van der Waals surface area contributed by atoms with Gasteiger partial charge in [-0.3, -0.25) is 0 Å². The number of nitrogen functional groups attached to an aromatic ring is 1. The smallest absolute Gasteiger partial charge is 0.142 e. The molecule has 0 aromatic heterocycles. The highest BCUT2D eigenvalue weighted by atomic mass is 16.5. The van der Waals surface area contributed by atoms with E-state index in [1.807, 2.05) is 18.2 Å². The predicted octanol–water partition coefficient (Wildman–Crippen LogP) is 1.17. The summed E-state index contributed by atoms with van der Waals surface area (Å²) >= 11 is 0. The molecule has 1 aromatic carbocycles. The summed E-state index contributed by atoms with van der Waals surface area (Å²) in [6.45, 7) is 7.81. The summed E-state index contributed by atoms with van der Waals surface area (Å²) in [5.74, 6) is 0.630. The molecular weight excluding hydrogens is 254 g/mol. The van der Waals surface area contributed by atoms with E-state index in [4.69, 9.17) is 10.5 Å². The van der Waals surface area contributed by atoms with Crippen LogP contribution in [0.5, 0.6) is 5.75 Å². The predicted molar refractivity (Wildman–Crippen MR) is 82.4 cm³/mol. The van der Waals surface area contributed by atoms with Crippen molar-refractivity contribution in [3.63, 3.8) is 0 Å². The minimum atomic E-state index is -0.859. The Kier molecular flexibility index (Phi) is 4.40. The first-order valence-corrected chi connectivity index (χ1v) is 7.03. The summed E-state index contributed by atoms with van der Waals surface area (Å²) in [7, 11) is 2.14. The van der Waals surface area contributed by atoms with Crippen molar-refractivity contribution in [2.75, 3.05) is 50.5 Å². The highest BCUT2D eigenvalue weighted by molar-refractivity contribution is 5.63. The number of nitrogens with zero attached hydrogens (tertiary/aromatic N) is 2. The van der Waals surface area contributed by atoms with E-state index in [0.29, 0.717) is 11.4 Å². The lowest BCUT2D eigenvalue weighted by Gasteiger charge is -2.34. The molecule has 1 fully saturated rings. The second-order valence-electron chi connectivity index (χ2n) is 6.11. The van der Waals surface area contributed by atoms with Crippen molar-refractivity contribution in [1.82, 2.24) is 4.90 Å². The maximum absolute atomic E-state index is 9.67. The van der Waals surface area contributed by atoms with E-state index in [9.17, 15) is 5.11 Å². The number of ether oxygens (including phenoxy) is 1. The quantitative estimate of drug-likeness (QED) is 0.810. The Labute approximate surface area is 120 Å². The van der Waals surface area contributed by atoms with Gasteiger partial charge in [0.05, 0.1) is 11.3 Å². The van der Waals surface area contributed by atoms with Crippen LogP contribution >= 0.6 is 0 Å². The monoisotopic (exact) mass is 279 g/mol. The van der Waals surface area contributed by atoms with E-state index in [-0.39, 0.29) is 6.61 Å². The molecule has 0 unspecified atom stereocenters. The molecule has 1 aliphatic heterocycles. The van der Waals surface area contributed by atoms with Crippen LogP contribution in [-0.4, -0.2) is 55.4 Å². The molecule has 1 saturated heterocycles. The third-order valence-corrected chi connectivity index (χ3v) is 3.44. The summed E-state index contributed by atoms with van der Waals surface area (Å²) in [5.41, 5.74) is 6.93. The van der Waals surface area contributed by atoms with Gasteiger partial charge in [-0.15, -0.1) is 0 Å². The fourth-order valence-corrected chi connectivity index (χ4v) is 2.18. The minimum Gasteiger partial charge on any atom is -0.488 e.